The van der Waals surface area contributed by atoms with E-state index < -0.39 is 5.97 Å². The third-order valence-electron chi connectivity index (χ3n) is 3.14. The third kappa shape index (κ3) is 3.48. The number of hydrogen-bond donors (Lipinski definition) is 3. The molecule has 0 spiro atoms. The molecule has 19 heavy (non-hydrogen) atoms. The summed E-state index contributed by atoms with van der Waals surface area (Å²) in [5.41, 5.74) is 0.00943. The smallest absolute Gasteiger partial charge is 0.353 e. The number of H-pyrrole nitrogens is 1. The van der Waals surface area contributed by atoms with Crippen molar-refractivity contribution in [1.29, 1.82) is 0 Å². The molecule has 0 saturated carbocycles. The van der Waals surface area contributed by atoms with Crippen molar-refractivity contribution in [3.05, 3.63) is 22.5 Å². The molecule has 1 aliphatic heterocycles. The number of aromatic nitrogens is 1. The normalized spacial score (nSPS) is 15.6. The molecular weight excluding hydrogens is 270 g/mol. The lowest BCUT2D eigenvalue weighted by molar-refractivity contribution is 0.0691. The Morgan fingerprint density at radius 3 is 2.68 bits per heavy atom. The summed E-state index contributed by atoms with van der Waals surface area (Å²) in [6, 6.07) is 1.33. The highest BCUT2D eigenvalue weighted by molar-refractivity contribution is 6.33. The molecule has 1 aromatic rings. The maximum Gasteiger partial charge on any atom is 0.353 e. The molecule has 7 heteroatoms. The van der Waals surface area contributed by atoms with Gasteiger partial charge in [0.05, 0.1) is 5.02 Å². The minimum Gasteiger partial charge on any atom is -0.477 e. The molecule has 3 N–H and O–H groups in total. The molecule has 0 aromatic carbocycles. The number of amides is 1. The van der Waals surface area contributed by atoms with E-state index in [1.807, 2.05) is 0 Å². The van der Waals surface area contributed by atoms with Gasteiger partial charge in [-0.15, -0.1) is 0 Å². The Balaban J connectivity index is 1.85. The van der Waals surface area contributed by atoms with Gasteiger partial charge in [0, 0.05) is 13.1 Å². The number of likely N-dealkylation sites (tertiary alicyclic amines) is 1. The Morgan fingerprint density at radius 1 is 1.42 bits per heavy atom. The van der Waals surface area contributed by atoms with Crippen molar-refractivity contribution >= 4 is 23.5 Å². The molecule has 1 fully saturated rings. The zero-order chi connectivity index (χ0) is 13.8. The van der Waals surface area contributed by atoms with Crippen LogP contribution in [0.25, 0.3) is 0 Å². The van der Waals surface area contributed by atoms with Gasteiger partial charge >= 0.3 is 5.97 Å². The van der Waals surface area contributed by atoms with Crippen molar-refractivity contribution in [3.8, 4) is 0 Å². The average Bonchev–Trinajstić information content (AvgIpc) is 2.98. The Hall–Kier alpha value is -1.53. The van der Waals surface area contributed by atoms with E-state index in [9.17, 15) is 9.59 Å². The maximum atomic E-state index is 11.8. The summed E-state index contributed by atoms with van der Waals surface area (Å²) in [4.78, 5) is 27.4. The summed E-state index contributed by atoms with van der Waals surface area (Å²) in [6.07, 6.45) is 2.42. The van der Waals surface area contributed by atoms with Crippen LogP contribution in [0, 0.1) is 0 Å². The minimum atomic E-state index is -1.18. The van der Waals surface area contributed by atoms with E-state index in [1.165, 1.54) is 18.9 Å². The number of halogens is 1. The number of carboxylic acids is 1. The van der Waals surface area contributed by atoms with Crippen LogP contribution in [-0.4, -0.2) is 53.0 Å². The standard InChI is InChI=1S/C12H16ClN3O3/c13-8-7-9(15-10(8)12(18)19)11(17)14-3-6-16-4-1-2-5-16/h7,15H,1-6H2,(H,14,17)(H,18,19). The van der Waals surface area contributed by atoms with Crippen molar-refractivity contribution in [2.24, 2.45) is 0 Å². The van der Waals surface area contributed by atoms with Crippen LogP contribution >= 0.6 is 11.6 Å². The summed E-state index contributed by atoms with van der Waals surface area (Å²) in [5.74, 6) is -1.52. The van der Waals surface area contributed by atoms with Gasteiger partial charge < -0.3 is 20.3 Å². The SMILES string of the molecule is O=C(NCCN1CCCC1)c1cc(Cl)c(C(=O)O)[nH]1. The highest BCUT2D eigenvalue weighted by atomic mass is 35.5. The van der Waals surface area contributed by atoms with Crippen LogP contribution in [0.4, 0.5) is 0 Å². The molecule has 0 unspecified atom stereocenters. The molecule has 0 bridgehead atoms. The average molecular weight is 286 g/mol. The third-order valence-corrected chi connectivity index (χ3v) is 3.44. The lowest BCUT2D eigenvalue weighted by Crippen LogP contribution is -2.33. The van der Waals surface area contributed by atoms with Crippen LogP contribution in [0.15, 0.2) is 6.07 Å². The summed E-state index contributed by atoms with van der Waals surface area (Å²) in [6.45, 7) is 3.50. The molecule has 0 atom stereocenters. The van der Waals surface area contributed by atoms with E-state index in [2.05, 4.69) is 15.2 Å². The molecular formula is C12H16ClN3O3. The summed E-state index contributed by atoms with van der Waals surface area (Å²) < 4.78 is 0. The first-order valence-corrected chi connectivity index (χ1v) is 6.58. The van der Waals surface area contributed by atoms with E-state index in [4.69, 9.17) is 16.7 Å². The Bertz CT molecular complexity index is 481. The Kier molecular flexibility index (Phi) is 4.44. The van der Waals surface area contributed by atoms with Crippen molar-refractivity contribution < 1.29 is 14.7 Å². The predicted molar refractivity (Wildman–Crippen MR) is 70.8 cm³/mol. The first kappa shape index (κ1) is 13.9. The quantitative estimate of drug-likeness (QED) is 0.759. The predicted octanol–water partition coefficient (Wildman–Crippen LogP) is 1.19. The number of nitrogens with one attached hydrogen (secondary N) is 2. The summed E-state index contributed by atoms with van der Waals surface area (Å²) in [7, 11) is 0. The second-order valence-electron chi connectivity index (χ2n) is 4.52. The molecule has 2 heterocycles. The number of rotatable bonds is 5. The molecule has 6 nitrogen and oxygen atoms in total. The zero-order valence-electron chi connectivity index (χ0n) is 10.4. The summed E-state index contributed by atoms with van der Waals surface area (Å²) >= 11 is 5.72. The highest BCUT2D eigenvalue weighted by Gasteiger charge is 2.17. The number of carbonyl (C=O) groups is 2. The second kappa shape index (κ2) is 6.08. The molecule has 1 saturated heterocycles. The lowest BCUT2D eigenvalue weighted by atomic mass is 10.4. The molecule has 1 aromatic heterocycles. The van der Waals surface area contributed by atoms with Gasteiger partial charge in [-0.1, -0.05) is 11.6 Å². The number of carboxylic acid groups (broad SMARTS) is 1. The fraction of sp³-hybridized carbons (Fsp3) is 0.500. The van der Waals surface area contributed by atoms with E-state index >= 15 is 0 Å². The number of carbonyl (C=O) groups excluding carboxylic acids is 1. The maximum absolute atomic E-state index is 11.8. The van der Waals surface area contributed by atoms with Gasteiger partial charge in [-0.2, -0.15) is 0 Å². The molecule has 2 rings (SSSR count). The van der Waals surface area contributed by atoms with Gasteiger partial charge in [-0.25, -0.2) is 4.79 Å². The Morgan fingerprint density at radius 2 is 2.11 bits per heavy atom. The van der Waals surface area contributed by atoms with E-state index in [-0.39, 0.29) is 22.3 Å². The van der Waals surface area contributed by atoms with Crippen LogP contribution in [0.5, 0.6) is 0 Å². The molecule has 104 valence electrons. The first-order chi connectivity index (χ1) is 9.08. The van der Waals surface area contributed by atoms with Gasteiger partial charge in [0.15, 0.2) is 0 Å². The number of aromatic carboxylic acids is 1. The van der Waals surface area contributed by atoms with E-state index in [0.29, 0.717) is 6.54 Å². The monoisotopic (exact) mass is 285 g/mol. The van der Waals surface area contributed by atoms with Crippen molar-refractivity contribution in [2.45, 2.75) is 12.8 Å². The Labute approximate surface area is 115 Å². The van der Waals surface area contributed by atoms with Crippen LogP contribution in [0.3, 0.4) is 0 Å². The highest BCUT2D eigenvalue weighted by Crippen LogP contribution is 2.17. The van der Waals surface area contributed by atoms with Crippen LogP contribution in [0.1, 0.15) is 33.8 Å². The molecule has 0 radical (unpaired) electrons. The number of hydrogen-bond acceptors (Lipinski definition) is 3. The first-order valence-electron chi connectivity index (χ1n) is 6.20. The second-order valence-corrected chi connectivity index (χ2v) is 4.92. The van der Waals surface area contributed by atoms with Gasteiger partial charge in [0.2, 0.25) is 0 Å². The van der Waals surface area contributed by atoms with Gasteiger partial charge in [0.1, 0.15) is 11.4 Å². The largest absolute Gasteiger partial charge is 0.477 e. The van der Waals surface area contributed by atoms with E-state index in [0.717, 1.165) is 19.6 Å². The van der Waals surface area contributed by atoms with Gasteiger partial charge in [-0.3, -0.25) is 4.79 Å². The van der Waals surface area contributed by atoms with E-state index in [1.54, 1.807) is 0 Å². The zero-order valence-corrected chi connectivity index (χ0v) is 11.2. The van der Waals surface area contributed by atoms with Crippen LogP contribution < -0.4 is 5.32 Å². The minimum absolute atomic E-state index is 0.0391. The molecule has 0 aliphatic carbocycles. The van der Waals surface area contributed by atoms with Crippen LogP contribution in [0.2, 0.25) is 5.02 Å². The van der Waals surface area contributed by atoms with Crippen molar-refractivity contribution in [3.63, 3.8) is 0 Å². The fourth-order valence-electron chi connectivity index (χ4n) is 2.14. The molecule has 1 amide bonds. The van der Waals surface area contributed by atoms with Crippen LogP contribution in [-0.2, 0) is 0 Å². The van der Waals surface area contributed by atoms with Gasteiger partial charge in [-0.05, 0) is 32.0 Å². The number of aromatic amines is 1. The van der Waals surface area contributed by atoms with Crippen molar-refractivity contribution in [1.82, 2.24) is 15.2 Å². The van der Waals surface area contributed by atoms with Gasteiger partial charge in [0.25, 0.3) is 5.91 Å². The molecule has 1 aliphatic rings. The summed E-state index contributed by atoms with van der Waals surface area (Å²) in [5, 5.41) is 11.6. The fourth-order valence-corrected chi connectivity index (χ4v) is 2.37. The van der Waals surface area contributed by atoms with Crippen molar-refractivity contribution in [2.75, 3.05) is 26.2 Å². The number of nitrogens with zero attached hydrogens (tertiary/aromatic N) is 1. The topological polar surface area (TPSA) is 85.4 Å². The lowest BCUT2D eigenvalue weighted by Gasteiger charge is -2.14.